The van der Waals surface area contributed by atoms with Gasteiger partial charge in [0, 0.05) is 20.6 Å². The molecule has 1 N–H and O–H groups in total. The molecular formula is C9H14ClN3O4S2. The maximum atomic E-state index is 11.5. The van der Waals surface area contributed by atoms with Crippen LogP contribution in [0, 0.1) is 0 Å². The number of methoxy groups -OCH3 is 1. The minimum atomic E-state index is -3.27. The van der Waals surface area contributed by atoms with Crippen LogP contribution >= 0.6 is 22.9 Å². The van der Waals surface area contributed by atoms with Crippen molar-refractivity contribution in [3.8, 4) is 0 Å². The topological polar surface area (TPSA) is 88.6 Å². The molecule has 0 radical (unpaired) electrons. The summed E-state index contributed by atoms with van der Waals surface area (Å²) >= 11 is 6.78. The number of hydrogen-bond acceptors (Lipinski definition) is 7. The number of halogens is 1. The van der Waals surface area contributed by atoms with Gasteiger partial charge in [0.2, 0.25) is 10.0 Å². The Balaban J connectivity index is 2.63. The quantitative estimate of drug-likeness (QED) is 0.780. The number of sulfonamides is 1. The van der Waals surface area contributed by atoms with Gasteiger partial charge in [0.05, 0.1) is 12.9 Å². The van der Waals surface area contributed by atoms with Crippen LogP contribution in [0.5, 0.6) is 0 Å². The molecule has 0 spiro atoms. The fourth-order valence-corrected chi connectivity index (χ4v) is 2.92. The zero-order valence-corrected chi connectivity index (χ0v) is 13.0. The lowest BCUT2D eigenvalue weighted by Gasteiger charge is -2.10. The van der Waals surface area contributed by atoms with Gasteiger partial charge in [-0.05, 0) is 0 Å². The number of ether oxygens (including phenoxy) is 1. The normalized spacial score (nSPS) is 11.6. The van der Waals surface area contributed by atoms with E-state index < -0.39 is 16.0 Å². The lowest BCUT2D eigenvalue weighted by Crippen LogP contribution is -2.28. The maximum Gasteiger partial charge on any atom is 0.351 e. The molecule has 7 nitrogen and oxygen atoms in total. The summed E-state index contributed by atoms with van der Waals surface area (Å²) in [6.45, 7) is 0.172. The van der Waals surface area contributed by atoms with Gasteiger partial charge >= 0.3 is 5.97 Å². The predicted molar refractivity (Wildman–Crippen MR) is 74.4 cm³/mol. The van der Waals surface area contributed by atoms with E-state index >= 15 is 0 Å². The number of anilines is 1. The summed E-state index contributed by atoms with van der Waals surface area (Å²) in [5, 5.41) is 3.22. The van der Waals surface area contributed by atoms with Crippen molar-refractivity contribution in [2.75, 3.05) is 38.8 Å². The van der Waals surface area contributed by atoms with Gasteiger partial charge in [0.1, 0.15) is 0 Å². The van der Waals surface area contributed by atoms with E-state index in [2.05, 4.69) is 15.0 Å². The molecule has 0 saturated carbocycles. The van der Waals surface area contributed by atoms with E-state index in [0.29, 0.717) is 5.13 Å². The molecule has 0 saturated heterocycles. The highest BCUT2D eigenvalue weighted by atomic mass is 35.5. The third-order valence-electron chi connectivity index (χ3n) is 2.15. The maximum absolute atomic E-state index is 11.5. The second-order valence-electron chi connectivity index (χ2n) is 3.66. The first-order valence-corrected chi connectivity index (χ1v) is 7.97. The van der Waals surface area contributed by atoms with Crippen LogP contribution in [-0.4, -0.2) is 57.2 Å². The number of carbonyl (C=O) groups excluding carboxylic acids is 1. The van der Waals surface area contributed by atoms with Crippen molar-refractivity contribution in [3.63, 3.8) is 0 Å². The number of nitrogens with zero attached hydrogens (tertiary/aromatic N) is 2. The van der Waals surface area contributed by atoms with Crippen molar-refractivity contribution < 1.29 is 17.9 Å². The Morgan fingerprint density at radius 1 is 1.53 bits per heavy atom. The second kappa shape index (κ2) is 6.51. The first kappa shape index (κ1) is 16.2. The van der Waals surface area contributed by atoms with Crippen molar-refractivity contribution in [1.82, 2.24) is 9.29 Å². The van der Waals surface area contributed by atoms with Gasteiger partial charge in [0.15, 0.2) is 15.2 Å². The Morgan fingerprint density at radius 2 is 2.16 bits per heavy atom. The molecule has 0 aliphatic heterocycles. The molecule has 1 heterocycles. The highest BCUT2D eigenvalue weighted by Gasteiger charge is 2.18. The van der Waals surface area contributed by atoms with Crippen molar-refractivity contribution in [1.29, 1.82) is 0 Å². The smallest absolute Gasteiger partial charge is 0.351 e. The lowest BCUT2D eigenvalue weighted by atomic mass is 10.6. The zero-order valence-electron chi connectivity index (χ0n) is 10.6. The molecule has 0 aliphatic rings. The van der Waals surface area contributed by atoms with Crippen LogP contribution in [-0.2, 0) is 14.8 Å². The van der Waals surface area contributed by atoms with E-state index in [1.165, 1.54) is 21.2 Å². The summed E-state index contributed by atoms with van der Waals surface area (Å²) in [6, 6.07) is 0. The van der Waals surface area contributed by atoms with Crippen molar-refractivity contribution in [2.45, 2.75) is 0 Å². The SMILES string of the molecule is COC(=O)c1sc(NCCS(=O)(=O)N(C)C)nc1Cl. The second-order valence-corrected chi connectivity index (χ2v) is 7.32. The minimum Gasteiger partial charge on any atom is -0.465 e. The highest BCUT2D eigenvalue weighted by molar-refractivity contribution is 7.89. The molecule has 0 fully saturated rings. The molecule has 0 unspecified atom stereocenters. The number of esters is 1. The fraction of sp³-hybridized carbons (Fsp3) is 0.556. The average molecular weight is 328 g/mol. The van der Waals surface area contributed by atoms with E-state index in [0.717, 1.165) is 15.6 Å². The number of hydrogen-bond donors (Lipinski definition) is 1. The molecule has 108 valence electrons. The van der Waals surface area contributed by atoms with Gasteiger partial charge in [-0.25, -0.2) is 22.5 Å². The number of carbonyl (C=O) groups is 1. The average Bonchev–Trinajstić information content (AvgIpc) is 2.69. The summed E-state index contributed by atoms with van der Waals surface area (Å²) < 4.78 is 28.7. The van der Waals surface area contributed by atoms with Gasteiger partial charge in [-0.3, -0.25) is 0 Å². The van der Waals surface area contributed by atoms with Crippen molar-refractivity contribution in [2.24, 2.45) is 0 Å². The van der Waals surface area contributed by atoms with Crippen LogP contribution in [0.1, 0.15) is 9.67 Å². The van der Waals surface area contributed by atoms with Gasteiger partial charge in [-0.15, -0.1) is 0 Å². The molecular weight excluding hydrogens is 314 g/mol. The molecule has 1 rings (SSSR count). The first-order chi connectivity index (χ1) is 8.77. The van der Waals surface area contributed by atoms with E-state index in [1.54, 1.807) is 0 Å². The Labute approximate surface area is 120 Å². The first-order valence-electron chi connectivity index (χ1n) is 5.16. The summed E-state index contributed by atoms with van der Waals surface area (Å²) in [5.74, 6) is -0.651. The largest absolute Gasteiger partial charge is 0.465 e. The number of thiazole rings is 1. The predicted octanol–water partition coefficient (Wildman–Crippen LogP) is 0.886. The minimum absolute atomic E-state index is 0.0369. The molecule has 1 aromatic rings. The van der Waals surface area contributed by atoms with Gasteiger partial charge in [-0.2, -0.15) is 0 Å². The Kier molecular flexibility index (Phi) is 5.53. The Hall–Kier alpha value is -0.900. The van der Waals surface area contributed by atoms with Gasteiger partial charge in [0.25, 0.3) is 0 Å². The molecule has 0 aliphatic carbocycles. The number of nitrogens with one attached hydrogen (secondary N) is 1. The van der Waals surface area contributed by atoms with Crippen LogP contribution in [0.25, 0.3) is 0 Å². The lowest BCUT2D eigenvalue weighted by molar-refractivity contribution is 0.0606. The number of aromatic nitrogens is 1. The van der Waals surface area contributed by atoms with Gasteiger partial charge in [-0.1, -0.05) is 22.9 Å². The van der Waals surface area contributed by atoms with Crippen molar-refractivity contribution >= 4 is 44.1 Å². The molecule has 1 aromatic heterocycles. The van der Waals surface area contributed by atoms with E-state index in [9.17, 15) is 13.2 Å². The van der Waals surface area contributed by atoms with Crippen LogP contribution in [0.4, 0.5) is 5.13 Å². The molecule has 0 bridgehead atoms. The third-order valence-corrected chi connectivity index (χ3v) is 5.36. The molecule has 19 heavy (non-hydrogen) atoms. The molecule has 0 amide bonds. The van der Waals surface area contributed by atoms with Crippen LogP contribution in [0.15, 0.2) is 0 Å². The highest BCUT2D eigenvalue weighted by Crippen LogP contribution is 2.27. The monoisotopic (exact) mass is 327 g/mol. The standard InChI is InChI=1S/C9H14ClN3O4S2/c1-13(2)19(15,16)5-4-11-9-12-7(10)6(18-9)8(14)17-3/h4-5H2,1-3H3,(H,11,12). The van der Waals surface area contributed by atoms with Crippen molar-refractivity contribution in [3.05, 3.63) is 10.0 Å². The summed E-state index contributed by atoms with van der Waals surface area (Å²) in [7, 11) is 0.902. The summed E-state index contributed by atoms with van der Waals surface area (Å²) in [6.07, 6.45) is 0. The Bertz CT molecular complexity index is 556. The van der Waals surface area contributed by atoms with Crippen LogP contribution in [0.2, 0.25) is 5.15 Å². The van der Waals surface area contributed by atoms with E-state index in [4.69, 9.17) is 11.6 Å². The summed E-state index contributed by atoms with van der Waals surface area (Å²) in [4.78, 5) is 15.4. The molecule has 0 atom stereocenters. The molecule has 10 heteroatoms. The van der Waals surface area contributed by atoms with Gasteiger partial charge < -0.3 is 10.1 Å². The fourth-order valence-electron chi connectivity index (χ4n) is 1.07. The zero-order chi connectivity index (χ0) is 14.6. The van der Waals surface area contributed by atoms with E-state index in [-0.39, 0.29) is 22.3 Å². The number of rotatable bonds is 6. The Morgan fingerprint density at radius 3 is 2.68 bits per heavy atom. The third kappa shape index (κ3) is 4.30. The molecule has 0 aromatic carbocycles. The van der Waals surface area contributed by atoms with E-state index in [1.807, 2.05) is 0 Å². The van der Waals surface area contributed by atoms with Crippen LogP contribution < -0.4 is 5.32 Å². The van der Waals surface area contributed by atoms with Crippen LogP contribution in [0.3, 0.4) is 0 Å². The summed E-state index contributed by atoms with van der Waals surface area (Å²) in [5.41, 5.74) is 0.